The molecule has 2 aromatic carbocycles. The lowest BCUT2D eigenvalue weighted by atomic mass is 10.0. The zero-order chi connectivity index (χ0) is 23.9. The minimum atomic E-state index is -0.171. The fourth-order valence-electron chi connectivity index (χ4n) is 3.09. The molecule has 0 aliphatic carbocycles. The second-order valence-electron chi connectivity index (χ2n) is 7.65. The van der Waals surface area contributed by atoms with Crippen molar-refractivity contribution < 1.29 is 13.9 Å². The molecule has 0 aromatic heterocycles. The number of hydrogen-bond acceptors (Lipinski definition) is 4. The first-order valence-corrected chi connectivity index (χ1v) is 11.2. The van der Waals surface area contributed by atoms with Crippen molar-refractivity contribution in [2.45, 2.75) is 59.5 Å². The largest absolute Gasteiger partial charge is 0.490 e. The summed E-state index contributed by atoms with van der Waals surface area (Å²) in [6.07, 6.45) is 6.03. The van der Waals surface area contributed by atoms with Crippen LogP contribution in [0, 0.1) is 12.7 Å². The summed E-state index contributed by atoms with van der Waals surface area (Å²) in [5, 5.41) is 3.02. The molecule has 0 radical (unpaired) electrons. The van der Waals surface area contributed by atoms with Crippen LogP contribution in [0.25, 0.3) is 0 Å². The Labute approximate surface area is 192 Å². The molecule has 0 aliphatic rings. The van der Waals surface area contributed by atoms with Crippen LogP contribution in [-0.2, 0) is 0 Å². The molecule has 0 amide bonds. The van der Waals surface area contributed by atoms with Gasteiger partial charge in [0, 0.05) is 31.6 Å². The fourth-order valence-corrected chi connectivity index (χ4v) is 3.09. The van der Waals surface area contributed by atoms with Gasteiger partial charge in [-0.1, -0.05) is 56.5 Å². The van der Waals surface area contributed by atoms with Crippen LogP contribution in [0.5, 0.6) is 5.75 Å². The molecule has 0 unspecified atom stereocenters. The Morgan fingerprint density at radius 2 is 1.75 bits per heavy atom. The van der Waals surface area contributed by atoms with Gasteiger partial charge in [0.15, 0.2) is 5.78 Å². The standard InChI is InChI=1S/C20H30N2O2.C7H7F/c1-6-9-17(10-7-2)24-18-12-8-11-16(13-18)20(23)19(14-21-4)15(3)22-5;1-6-2-4-7(8)5-3-6/h8,11-14,17,22H,6-7,9-10H2,1-5H3;2-5H,1H3/b19-15-,21-14?;. The molecule has 0 fully saturated rings. The van der Waals surface area contributed by atoms with E-state index >= 15 is 0 Å². The molecule has 174 valence electrons. The number of allylic oxidation sites excluding steroid dienone is 2. The second-order valence-corrected chi connectivity index (χ2v) is 7.65. The number of nitrogens with zero attached hydrogens (tertiary/aromatic N) is 1. The van der Waals surface area contributed by atoms with E-state index in [9.17, 15) is 9.18 Å². The Bertz CT molecular complexity index is 862. The summed E-state index contributed by atoms with van der Waals surface area (Å²) in [6.45, 7) is 8.12. The first-order chi connectivity index (χ1) is 15.4. The minimum absolute atomic E-state index is 0.0552. The van der Waals surface area contributed by atoms with E-state index in [-0.39, 0.29) is 17.7 Å². The highest BCUT2D eigenvalue weighted by Gasteiger charge is 2.15. The second kappa shape index (κ2) is 15.0. The highest BCUT2D eigenvalue weighted by atomic mass is 19.1. The van der Waals surface area contributed by atoms with Crippen molar-refractivity contribution in [2.75, 3.05) is 14.1 Å². The number of carbonyl (C=O) groups is 1. The lowest BCUT2D eigenvalue weighted by Crippen LogP contribution is -2.17. The maximum absolute atomic E-state index is 12.8. The minimum Gasteiger partial charge on any atom is -0.490 e. The van der Waals surface area contributed by atoms with Crippen LogP contribution in [0.3, 0.4) is 0 Å². The van der Waals surface area contributed by atoms with Crippen molar-refractivity contribution >= 4 is 12.0 Å². The molecule has 4 nitrogen and oxygen atoms in total. The first-order valence-electron chi connectivity index (χ1n) is 11.2. The van der Waals surface area contributed by atoms with Crippen molar-refractivity contribution in [3.8, 4) is 5.75 Å². The lowest BCUT2D eigenvalue weighted by Gasteiger charge is -2.18. The van der Waals surface area contributed by atoms with E-state index in [1.54, 1.807) is 32.4 Å². The maximum Gasteiger partial charge on any atom is 0.196 e. The van der Waals surface area contributed by atoms with Crippen LogP contribution in [0.2, 0.25) is 0 Å². The van der Waals surface area contributed by atoms with Crippen LogP contribution >= 0.6 is 0 Å². The summed E-state index contributed by atoms with van der Waals surface area (Å²) >= 11 is 0. The van der Waals surface area contributed by atoms with Crippen LogP contribution in [0.15, 0.2) is 64.8 Å². The van der Waals surface area contributed by atoms with Crippen molar-refractivity contribution in [1.29, 1.82) is 0 Å². The highest BCUT2D eigenvalue weighted by Crippen LogP contribution is 2.21. The number of hydrogen-bond donors (Lipinski definition) is 1. The van der Waals surface area contributed by atoms with Gasteiger partial charge < -0.3 is 10.1 Å². The number of Topliss-reactive ketones (excluding diaryl/α,β-unsaturated/α-hetero) is 1. The Morgan fingerprint density at radius 1 is 1.12 bits per heavy atom. The van der Waals surface area contributed by atoms with Crippen molar-refractivity contribution in [1.82, 2.24) is 5.32 Å². The van der Waals surface area contributed by atoms with Gasteiger partial charge in [0.05, 0.1) is 11.7 Å². The average molecular weight is 441 g/mol. The third kappa shape index (κ3) is 9.46. The highest BCUT2D eigenvalue weighted by molar-refractivity contribution is 6.21. The van der Waals surface area contributed by atoms with Gasteiger partial charge in [-0.2, -0.15) is 0 Å². The molecule has 0 atom stereocenters. The number of rotatable bonds is 10. The zero-order valence-corrected chi connectivity index (χ0v) is 20.2. The van der Waals surface area contributed by atoms with Crippen molar-refractivity contribution in [2.24, 2.45) is 4.99 Å². The number of ether oxygens (including phenoxy) is 1. The molecule has 0 bridgehead atoms. The number of nitrogens with one attached hydrogen (secondary N) is 1. The smallest absolute Gasteiger partial charge is 0.196 e. The van der Waals surface area contributed by atoms with E-state index in [4.69, 9.17) is 4.74 Å². The predicted octanol–water partition coefficient (Wildman–Crippen LogP) is 6.55. The van der Waals surface area contributed by atoms with E-state index in [0.717, 1.165) is 42.7 Å². The van der Waals surface area contributed by atoms with Gasteiger partial charge in [-0.3, -0.25) is 9.79 Å². The third-order valence-corrected chi connectivity index (χ3v) is 4.91. The van der Waals surface area contributed by atoms with E-state index in [2.05, 4.69) is 24.2 Å². The van der Waals surface area contributed by atoms with Gasteiger partial charge in [-0.25, -0.2) is 4.39 Å². The van der Waals surface area contributed by atoms with E-state index < -0.39 is 0 Å². The first kappa shape index (κ1) is 27.1. The summed E-state index contributed by atoms with van der Waals surface area (Å²) < 4.78 is 18.2. The molecule has 5 heteroatoms. The van der Waals surface area contributed by atoms with Crippen LogP contribution in [0.4, 0.5) is 4.39 Å². The van der Waals surface area contributed by atoms with E-state index in [0.29, 0.717) is 11.1 Å². The molecule has 0 saturated heterocycles. The molecule has 0 spiro atoms. The van der Waals surface area contributed by atoms with Gasteiger partial charge in [0.2, 0.25) is 0 Å². The summed E-state index contributed by atoms with van der Waals surface area (Å²) in [7, 11) is 3.46. The molecule has 2 rings (SSSR count). The maximum atomic E-state index is 12.8. The van der Waals surface area contributed by atoms with Crippen LogP contribution in [-0.4, -0.2) is 32.2 Å². The molecule has 0 saturated carbocycles. The number of halogens is 1. The Balaban J connectivity index is 0.000000533. The van der Waals surface area contributed by atoms with E-state index in [1.165, 1.54) is 12.1 Å². The van der Waals surface area contributed by atoms with E-state index in [1.807, 2.05) is 38.1 Å². The molecule has 2 aromatic rings. The van der Waals surface area contributed by atoms with Gasteiger partial charge in [-0.05, 0) is 51.0 Å². The average Bonchev–Trinajstić information content (AvgIpc) is 2.79. The quantitative estimate of drug-likeness (QED) is 0.259. The SMILES string of the molecule is CCCC(CCC)Oc1cccc(C(=O)/C(C=NC)=C(/C)NC)c1.Cc1ccc(F)cc1. The molecular formula is C27H37FN2O2. The van der Waals surface area contributed by atoms with Gasteiger partial charge in [0.1, 0.15) is 11.6 Å². The summed E-state index contributed by atoms with van der Waals surface area (Å²) in [5.74, 6) is 0.527. The monoisotopic (exact) mass is 440 g/mol. The van der Waals surface area contributed by atoms with Crippen molar-refractivity contribution in [3.63, 3.8) is 0 Å². The zero-order valence-electron chi connectivity index (χ0n) is 20.2. The Hall–Kier alpha value is -2.95. The topological polar surface area (TPSA) is 50.7 Å². The molecule has 1 N–H and O–H groups in total. The number of aliphatic imine (C=N–C) groups is 1. The van der Waals surface area contributed by atoms with Gasteiger partial charge in [-0.15, -0.1) is 0 Å². The van der Waals surface area contributed by atoms with Gasteiger partial charge in [0.25, 0.3) is 0 Å². The van der Waals surface area contributed by atoms with Crippen molar-refractivity contribution in [3.05, 3.63) is 76.7 Å². The third-order valence-electron chi connectivity index (χ3n) is 4.91. The summed E-state index contributed by atoms with van der Waals surface area (Å²) in [6, 6.07) is 13.8. The molecular weight excluding hydrogens is 403 g/mol. The van der Waals surface area contributed by atoms with Crippen LogP contribution < -0.4 is 10.1 Å². The number of ketones is 1. The normalized spacial score (nSPS) is 11.6. The number of benzene rings is 2. The molecule has 0 heterocycles. The Kier molecular flexibility index (Phi) is 12.7. The summed E-state index contributed by atoms with van der Waals surface area (Å²) in [5.41, 5.74) is 3.07. The summed E-state index contributed by atoms with van der Waals surface area (Å²) in [4.78, 5) is 16.8. The number of aryl methyl sites for hydroxylation is 1. The number of carbonyl (C=O) groups excluding carboxylic acids is 1. The molecule has 0 aliphatic heterocycles. The predicted molar refractivity (Wildman–Crippen MR) is 132 cm³/mol. The van der Waals surface area contributed by atoms with Gasteiger partial charge >= 0.3 is 0 Å². The molecule has 32 heavy (non-hydrogen) atoms. The fraction of sp³-hybridized carbons (Fsp3) is 0.407. The Morgan fingerprint density at radius 3 is 2.25 bits per heavy atom. The van der Waals surface area contributed by atoms with Crippen LogP contribution in [0.1, 0.15) is 62.4 Å². The lowest BCUT2D eigenvalue weighted by molar-refractivity contribution is 0.103.